The standard InChI is InChI=1S/C32H31NO7/c1-38-29-26(18-19-27(34)30(29)39-2)31(35)33(20-8-11-22-9-4-3-5-10-22)21-23-14-16-24(17-15-23)40-28-13-7-6-12-25(28)32(36)37/h3-7,9-10,12-19,34H,8,11,20-21H2,1-2H3,(H,36,37). The molecule has 4 aromatic rings. The molecule has 0 aliphatic heterocycles. The van der Waals surface area contributed by atoms with Gasteiger partial charge in [0.2, 0.25) is 5.75 Å². The molecule has 206 valence electrons. The lowest BCUT2D eigenvalue weighted by atomic mass is 10.1. The quantitative estimate of drug-likeness (QED) is 0.221. The number of aromatic hydroxyl groups is 1. The first-order valence-electron chi connectivity index (χ1n) is 12.8. The van der Waals surface area contributed by atoms with Gasteiger partial charge >= 0.3 is 5.97 Å². The lowest BCUT2D eigenvalue weighted by molar-refractivity contribution is 0.0692. The van der Waals surface area contributed by atoms with E-state index in [0.717, 1.165) is 18.4 Å². The largest absolute Gasteiger partial charge is 0.504 e. The van der Waals surface area contributed by atoms with Crippen molar-refractivity contribution < 1.29 is 34.0 Å². The minimum atomic E-state index is -1.07. The van der Waals surface area contributed by atoms with Crippen molar-refractivity contribution in [1.82, 2.24) is 4.90 Å². The molecule has 40 heavy (non-hydrogen) atoms. The smallest absolute Gasteiger partial charge is 0.339 e. The number of carbonyl (C=O) groups is 2. The van der Waals surface area contributed by atoms with E-state index in [2.05, 4.69) is 12.1 Å². The van der Waals surface area contributed by atoms with Gasteiger partial charge in [-0.05, 0) is 60.4 Å². The van der Waals surface area contributed by atoms with Gasteiger partial charge in [-0.3, -0.25) is 4.79 Å². The minimum absolute atomic E-state index is 0.0695. The molecule has 0 aliphatic rings. The van der Waals surface area contributed by atoms with Gasteiger partial charge in [0.1, 0.15) is 17.1 Å². The first-order valence-corrected chi connectivity index (χ1v) is 12.8. The number of phenolic OH excluding ortho intramolecular Hbond substituents is 1. The van der Waals surface area contributed by atoms with Crippen LogP contribution in [0.2, 0.25) is 0 Å². The van der Waals surface area contributed by atoms with Crippen LogP contribution in [0.4, 0.5) is 0 Å². The molecule has 4 aromatic carbocycles. The lowest BCUT2D eigenvalue weighted by Crippen LogP contribution is -2.32. The van der Waals surface area contributed by atoms with Crippen molar-refractivity contribution in [2.24, 2.45) is 0 Å². The van der Waals surface area contributed by atoms with Crippen molar-refractivity contribution in [1.29, 1.82) is 0 Å². The number of nitrogens with zero attached hydrogens (tertiary/aromatic N) is 1. The van der Waals surface area contributed by atoms with Crippen LogP contribution in [-0.2, 0) is 13.0 Å². The van der Waals surface area contributed by atoms with Gasteiger partial charge in [-0.15, -0.1) is 0 Å². The van der Waals surface area contributed by atoms with Gasteiger partial charge in [-0.25, -0.2) is 4.79 Å². The van der Waals surface area contributed by atoms with Crippen molar-refractivity contribution in [3.05, 3.63) is 113 Å². The Labute approximate surface area is 233 Å². The van der Waals surface area contributed by atoms with Crippen molar-refractivity contribution in [2.75, 3.05) is 20.8 Å². The molecule has 0 fully saturated rings. The molecule has 0 bridgehead atoms. The number of amides is 1. The first kappa shape index (κ1) is 28.0. The number of aryl methyl sites for hydroxylation is 1. The summed E-state index contributed by atoms with van der Waals surface area (Å²) in [6, 6.07) is 26.6. The van der Waals surface area contributed by atoms with Crippen LogP contribution >= 0.6 is 0 Å². The fourth-order valence-corrected chi connectivity index (χ4v) is 4.40. The van der Waals surface area contributed by atoms with E-state index in [1.165, 1.54) is 38.0 Å². The van der Waals surface area contributed by atoms with Crippen LogP contribution in [-0.4, -0.2) is 47.8 Å². The van der Waals surface area contributed by atoms with Crippen LogP contribution in [0.25, 0.3) is 0 Å². The Bertz CT molecular complexity index is 1450. The molecular weight excluding hydrogens is 510 g/mol. The Kier molecular flexibility index (Phi) is 9.25. The Morgan fingerprint density at radius 3 is 2.10 bits per heavy atom. The molecule has 0 saturated carbocycles. The summed E-state index contributed by atoms with van der Waals surface area (Å²) in [6.45, 7) is 0.788. The molecule has 0 spiro atoms. The molecule has 0 unspecified atom stereocenters. The SMILES string of the molecule is COc1c(O)ccc(C(=O)N(CCCc2ccccc2)Cc2ccc(Oc3ccccc3C(=O)O)cc2)c1OC. The molecule has 0 aromatic heterocycles. The zero-order valence-corrected chi connectivity index (χ0v) is 22.4. The lowest BCUT2D eigenvalue weighted by Gasteiger charge is -2.25. The summed E-state index contributed by atoms with van der Waals surface area (Å²) in [4.78, 5) is 27.0. The predicted molar refractivity (Wildman–Crippen MR) is 151 cm³/mol. The molecule has 4 rings (SSSR count). The van der Waals surface area contributed by atoms with Crippen LogP contribution in [0.3, 0.4) is 0 Å². The highest BCUT2D eigenvalue weighted by Crippen LogP contribution is 2.39. The number of methoxy groups -OCH3 is 2. The van der Waals surface area contributed by atoms with Crippen molar-refractivity contribution >= 4 is 11.9 Å². The summed E-state index contributed by atoms with van der Waals surface area (Å²) >= 11 is 0. The third kappa shape index (κ3) is 6.71. The van der Waals surface area contributed by atoms with E-state index in [9.17, 15) is 19.8 Å². The van der Waals surface area contributed by atoms with Gasteiger partial charge in [0.05, 0.1) is 19.8 Å². The van der Waals surface area contributed by atoms with Crippen LogP contribution in [0, 0.1) is 0 Å². The number of carboxylic acids is 1. The molecule has 0 radical (unpaired) electrons. The minimum Gasteiger partial charge on any atom is -0.504 e. The maximum absolute atomic E-state index is 13.8. The van der Waals surface area contributed by atoms with Crippen molar-refractivity contribution in [2.45, 2.75) is 19.4 Å². The van der Waals surface area contributed by atoms with E-state index >= 15 is 0 Å². The Balaban J connectivity index is 1.55. The fraction of sp³-hybridized carbons (Fsp3) is 0.188. The van der Waals surface area contributed by atoms with Gasteiger partial charge in [-0.1, -0.05) is 54.6 Å². The van der Waals surface area contributed by atoms with E-state index in [1.807, 2.05) is 30.3 Å². The monoisotopic (exact) mass is 541 g/mol. The molecule has 0 aliphatic carbocycles. The molecule has 1 amide bonds. The maximum Gasteiger partial charge on any atom is 0.339 e. The van der Waals surface area contributed by atoms with Gasteiger partial charge in [0.25, 0.3) is 5.91 Å². The van der Waals surface area contributed by atoms with Crippen molar-refractivity contribution in [3.8, 4) is 28.7 Å². The second-order valence-corrected chi connectivity index (χ2v) is 9.06. The Hall–Kier alpha value is -4.98. The maximum atomic E-state index is 13.8. The number of carboxylic acid groups (broad SMARTS) is 1. The van der Waals surface area contributed by atoms with Crippen LogP contribution in [0.15, 0.2) is 91.0 Å². The highest BCUT2D eigenvalue weighted by atomic mass is 16.5. The number of rotatable bonds is 12. The topological polar surface area (TPSA) is 106 Å². The number of hydrogen-bond acceptors (Lipinski definition) is 6. The van der Waals surface area contributed by atoms with Gasteiger partial charge < -0.3 is 29.3 Å². The van der Waals surface area contributed by atoms with E-state index in [0.29, 0.717) is 18.8 Å². The number of carbonyl (C=O) groups excluding carboxylic acids is 1. The van der Waals surface area contributed by atoms with Gasteiger partial charge in [0, 0.05) is 13.1 Å². The van der Waals surface area contributed by atoms with Gasteiger partial charge in [-0.2, -0.15) is 0 Å². The number of para-hydroxylation sites is 1. The van der Waals surface area contributed by atoms with E-state index in [-0.39, 0.29) is 40.0 Å². The summed E-state index contributed by atoms with van der Waals surface area (Å²) in [7, 11) is 2.83. The van der Waals surface area contributed by atoms with E-state index in [4.69, 9.17) is 14.2 Å². The third-order valence-electron chi connectivity index (χ3n) is 6.40. The number of ether oxygens (including phenoxy) is 3. The molecule has 0 saturated heterocycles. The Morgan fingerprint density at radius 2 is 1.43 bits per heavy atom. The average molecular weight is 542 g/mol. The van der Waals surface area contributed by atoms with E-state index < -0.39 is 5.97 Å². The summed E-state index contributed by atoms with van der Waals surface area (Å²) in [6.07, 6.45) is 1.54. The third-order valence-corrected chi connectivity index (χ3v) is 6.40. The summed E-state index contributed by atoms with van der Waals surface area (Å²) in [5.74, 6) is -0.469. The number of hydrogen-bond donors (Lipinski definition) is 2. The van der Waals surface area contributed by atoms with E-state index in [1.54, 1.807) is 35.2 Å². The number of phenols is 1. The van der Waals surface area contributed by atoms with Gasteiger partial charge in [0.15, 0.2) is 11.5 Å². The molecule has 8 heteroatoms. The molecule has 0 heterocycles. The van der Waals surface area contributed by atoms with Crippen LogP contribution in [0.5, 0.6) is 28.7 Å². The summed E-state index contributed by atoms with van der Waals surface area (Å²) in [5, 5.41) is 19.6. The number of aromatic carboxylic acids is 1. The zero-order chi connectivity index (χ0) is 28.5. The molecule has 8 nitrogen and oxygen atoms in total. The average Bonchev–Trinajstić information content (AvgIpc) is 2.97. The van der Waals surface area contributed by atoms with Crippen LogP contribution in [0.1, 0.15) is 38.3 Å². The summed E-state index contributed by atoms with van der Waals surface area (Å²) < 4.78 is 16.5. The van der Waals surface area contributed by atoms with Crippen LogP contribution < -0.4 is 14.2 Å². The normalized spacial score (nSPS) is 10.6. The van der Waals surface area contributed by atoms with Crippen molar-refractivity contribution in [3.63, 3.8) is 0 Å². The summed E-state index contributed by atoms with van der Waals surface area (Å²) in [5.41, 5.74) is 2.39. The molecule has 0 atom stereocenters. The Morgan fingerprint density at radius 1 is 0.750 bits per heavy atom. The second-order valence-electron chi connectivity index (χ2n) is 9.06. The number of benzene rings is 4. The second kappa shape index (κ2) is 13.2. The predicted octanol–water partition coefficient (Wildman–Crippen LogP) is 6.18. The first-order chi connectivity index (χ1) is 19.4. The highest BCUT2D eigenvalue weighted by Gasteiger charge is 2.24. The zero-order valence-electron chi connectivity index (χ0n) is 22.4. The molecular formula is C32H31NO7. The highest BCUT2D eigenvalue weighted by molar-refractivity contribution is 5.98. The fourth-order valence-electron chi connectivity index (χ4n) is 4.40. The molecule has 2 N–H and O–H groups in total.